The van der Waals surface area contributed by atoms with Gasteiger partial charge in [-0.25, -0.2) is 4.98 Å². The highest BCUT2D eigenvalue weighted by Gasteiger charge is 2.16. The molecular formula is C10H16N6S. The zero-order valence-corrected chi connectivity index (χ0v) is 10.8. The Labute approximate surface area is 104 Å². The Morgan fingerprint density at radius 3 is 3.00 bits per heavy atom. The molecule has 0 spiro atoms. The third kappa shape index (κ3) is 2.86. The van der Waals surface area contributed by atoms with Gasteiger partial charge >= 0.3 is 0 Å². The molecule has 17 heavy (non-hydrogen) atoms. The fourth-order valence-electron chi connectivity index (χ4n) is 1.75. The van der Waals surface area contributed by atoms with Crippen molar-refractivity contribution in [2.45, 2.75) is 32.9 Å². The van der Waals surface area contributed by atoms with Crippen molar-refractivity contribution in [3.05, 3.63) is 24.0 Å². The second-order valence-corrected chi connectivity index (χ2v) is 4.20. The summed E-state index contributed by atoms with van der Waals surface area (Å²) >= 11 is 1.23. The van der Waals surface area contributed by atoms with Crippen LogP contribution in [0.4, 0.5) is 0 Å². The van der Waals surface area contributed by atoms with Crippen molar-refractivity contribution in [3.8, 4) is 0 Å². The van der Waals surface area contributed by atoms with Crippen LogP contribution in [0.15, 0.2) is 12.5 Å². The van der Waals surface area contributed by atoms with Gasteiger partial charge in [0.2, 0.25) is 0 Å². The fraction of sp³-hybridized carbons (Fsp3) is 0.600. The summed E-state index contributed by atoms with van der Waals surface area (Å²) in [5, 5.41) is 7.57. The Kier molecular flexibility index (Phi) is 4.16. The molecule has 1 unspecified atom stereocenters. The van der Waals surface area contributed by atoms with E-state index in [9.17, 15) is 0 Å². The molecule has 6 nitrogen and oxygen atoms in total. The van der Waals surface area contributed by atoms with Crippen molar-refractivity contribution in [2.75, 3.05) is 6.54 Å². The zero-order chi connectivity index (χ0) is 12.1. The number of rotatable bonds is 6. The van der Waals surface area contributed by atoms with Crippen LogP contribution in [0.25, 0.3) is 0 Å². The van der Waals surface area contributed by atoms with Gasteiger partial charge in [-0.3, -0.25) is 4.68 Å². The third-order valence-corrected chi connectivity index (χ3v) is 3.06. The molecule has 0 radical (unpaired) electrons. The van der Waals surface area contributed by atoms with Crippen molar-refractivity contribution in [3.63, 3.8) is 0 Å². The van der Waals surface area contributed by atoms with Crippen LogP contribution in [0, 0.1) is 0 Å². The van der Waals surface area contributed by atoms with Gasteiger partial charge < -0.3 is 5.32 Å². The van der Waals surface area contributed by atoms with E-state index in [4.69, 9.17) is 0 Å². The fourth-order valence-corrected chi connectivity index (χ4v) is 2.22. The molecular weight excluding hydrogens is 236 g/mol. The van der Waals surface area contributed by atoms with Crippen molar-refractivity contribution < 1.29 is 0 Å². The van der Waals surface area contributed by atoms with Gasteiger partial charge in [0.25, 0.3) is 0 Å². The molecule has 0 saturated carbocycles. The van der Waals surface area contributed by atoms with Crippen LogP contribution in [0.2, 0.25) is 0 Å². The maximum absolute atomic E-state index is 4.29. The minimum absolute atomic E-state index is 0.160. The standard InChI is InChI=1S/C10H16N6S/c1-3-11-8(9-6-14-17-15-9)5-10-12-7-13-16(10)4-2/h6-8,11H,3-5H2,1-2H3. The molecule has 2 rings (SSSR count). The number of nitrogens with one attached hydrogen (secondary N) is 1. The highest BCUT2D eigenvalue weighted by molar-refractivity contribution is 6.99. The lowest BCUT2D eigenvalue weighted by Crippen LogP contribution is -2.24. The summed E-state index contributed by atoms with van der Waals surface area (Å²) in [6.07, 6.45) is 4.19. The first-order valence-electron chi connectivity index (χ1n) is 5.72. The molecule has 0 saturated heterocycles. The molecule has 7 heteroatoms. The van der Waals surface area contributed by atoms with Crippen molar-refractivity contribution in [1.82, 2.24) is 28.8 Å². The van der Waals surface area contributed by atoms with E-state index in [1.165, 1.54) is 11.7 Å². The van der Waals surface area contributed by atoms with Gasteiger partial charge in [-0.05, 0) is 13.5 Å². The summed E-state index contributed by atoms with van der Waals surface area (Å²) in [6, 6.07) is 0.160. The van der Waals surface area contributed by atoms with Gasteiger partial charge in [0.1, 0.15) is 12.2 Å². The topological polar surface area (TPSA) is 68.5 Å². The molecule has 0 aromatic carbocycles. The average molecular weight is 252 g/mol. The minimum Gasteiger partial charge on any atom is -0.308 e. The molecule has 0 amide bonds. The van der Waals surface area contributed by atoms with E-state index in [1.807, 2.05) is 10.9 Å². The van der Waals surface area contributed by atoms with E-state index >= 15 is 0 Å². The monoisotopic (exact) mass is 252 g/mol. The van der Waals surface area contributed by atoms with E-state index in [0.717, 1.165) is 31.0 Å². The van der Waals surface area contributed by atoms with Gasteiger partial charge in [-0.1, -0.05) is 6.92 Å². The first-order valence-corrected chi connectivity index (χ1v) is 6.45. The van der Waals surface area contributed by atoms with Gasteiger partial charge in [0.05, 0.1) is 29.7 Å². The summed E-state index contributed by atoms with van der Waals surface area (Å²) in [4.78, 5) is 4.29. The van der Waals surface area contributed by atoms with Crippen LogP contribution in [-0.4, -0.2) is 30.1 Å². The molecule has 92 valence electrons. The van der Waals surface area contributed by atoms with E-state index in [-0.39, 0.29) is 6.04 Å². The quantitative estimate of drug-likeness (QED) is 0.832. The Morgan fingerprint density at radius 1 is 1.47 bits per heavy atom. The number of likely N-dealkylation sites (N-methyl/N-ethyl adjacent to an activating group) is 1. The number of nitrogens with zero attached hydrogens (tertiary/aromatic N) is 5. The third-order valence-electron chi connectivity index (χ3n) is 2.57. The van der Waals surface area contributed by atoms with Crippen LogP contribution < -0.4 is 5.32 Å². The Balaban J connectivity index is 2.13. The van der Waals surface area contributed by atoms with Crippen LogP contribution in [0.1, 0.15) is 31.4 Å². The Morgan fingerprint density at radius 2 is 2.35 bits per heavy atom. The molecule has 1 atom stereocenters. The van der Waals surface area contributed by atoms with E-state index in [0.29, 0.717) is 0 Å². The molecule has 2 aromatic rings. The van der Waals surface area contributed by atoms with Crippen LogP contribution in [-0.2, 0) is 13.0 Å². The summed E-state index contributed by atoms with van der Waals surface area (Å²) in [5.41, 5.74) is 0.975. The highest BCUT2D eigenvalue weighted by Crippen LogP contribution is 2.15. The maximum Gasteiger partial charge on any atom is 0.138 e. The number of aryl methyl sites for hydroxylation is 1. The molecule has 0 fully saturated rings. The van der Waals surface area contributed by atoms with Gasteiger partial charge in [-0.2, -0.15) is 13.8 Å². The molecule has 0 aliphatic heterocycles. The van der Waals surface area contributed by atoms with Crippen molar-refractivity contribution in [1.29, 1.82) is 0 Å². The number of hydrogen-bond acceptors (Lipinski definition) is 6. The molecule has 0 bridgehead atoms. The average Bonchev–Trinajstić information content (AvgIpc) is 2.99. The highest BCUT2D eigenvalue weighted by atomic mass is 32.1. The predicted molar refractivity (Wildman–Crippen MR) is 65.7 cm³/mol. The van der Waals surface area contributed by atoms with Crippen LogP contribution >= 0.6 is 11.7 Å². The second-order valence-electron chi connectivity index (χ2n) is 3.64. The Bertz CT molecular complexity index is 437. The van der Waals surface area contributed by atoms with E-state index in [1.54, 1.807) is 6.33 Å². The second kappa shape index (κ2) is 5.83. The summed E-state index contributed by atoms with van der Waals surface area (Å²) < 4.78 is 10.2. The first-order chi connectivity index (χ1) is 8.35. The predicted octanol–water partition coefficient (Wildman–Crippen LogP) is 1.04. The molecule has 2 aromatic heterocycles. The van der Waals surface area contributed by atoms with E-state index < -0.39 is 0 Å². The van der Waals surface area contributed by atoms with Gasteiger partial charge in [0.15, 0.2) is 0 Å². The van der Waals surface area contributed by atoms with Crippen LogP contribution in [0.5, 0.6) is 0 Å². The van der Waals surface area contributed by atoms with Crippen molar-refractivity contribution >= 4 is 11.7 Å². The Hall–Kier alpha value is -1.34. The largest absolute Gasteiger partial charge is 0.308 e. The molecule has 0 aliphatic carbocycles. The van der Waals surface area contributed by atoms with Gasteiger partial charge in [0, 0.05) is 13.0 Å². The summed E-state index contributed by atoms with van der Waals surface area (Å²) in [6.45, 7) is 5.87. The lowest BCUT2D eigenvalue weighted by atomic mass is 10.1. The maximum atomic E-state index is 4.29. The van der Waals surface area contributed by atoms with E-state index in [2.05, 4.69) is 38.0 Å². The van der Waals surface area contributed by atoms with Crippen molar-refractivity contribution in [2.24, 2.45) is 0 Å². The minimum atomic E-state index is 0.160. The normalized spacial score (nSPS) is 12.8. The lowest BCUT2D eigenvalue weighted by Gasteiger charge is -2.14. The zero-order valence-electron chi connectivity index (χ0n) is 10.00. The molecule has 0 aliphatic rings. The van der Waals surface area contributed by atoms with Crippen LogP contribution in [0.3, 0.4) is 0 Å². The summed E-state index contributed by atoms with van der Waals surface area (Å²) in [7, 11) is 0. The summed E-state index contributed by atoms with van der Waals surface area (Å²) in [5.74, 6) is 0.978. The number of aromatic nitrogens is 5. The first kappa shape index (κ1) is 12.1. The molecule has 1 N–H and O–H groups in total. The number of hydrogen-bond donors (Lipinski definition) is 1. The lowest BCUT2D eigenvalue weighted by molar-refractivity contribution is 0.503. The smallest absolute Gasteiger partial charge is 0.138 e. The SMILES string of the molecule is CCNC(Cc1ncnn1CC)c1cnsn1. The molecule has 2 heterocycles. The van der Waals surface area contributed by atoms with Gasteiger partial charge in [-0.15, -0.1) is 0 Å².